The Balaban J connectivity index is 0.671. The van der Waals surface area contributed by atoms with Crippen LogP contribution in [-0.4, -0.2) is 46.9 Å². The number of nitrogens with zero attached hydrogens (tertiary/aromatic N) is 12. The van der Waals surface area contributed by atoms with Crippen LogP contribution in [0.4, 0.5) is 0 Å². The van der Waals surface area contributed by atoms with Gasteiger partial charge in [0.25, 0.3) is 0 Å². The minimum Gasteiger partial charge on any atom is -0.309 e. The lowest BCUT2D eigenvalue weighted by atomic mass is 9.97. The standard InChI is InChI=1S/C113H66N12/c114-67-90-107(122-96-48-19-8-36-81(96)82-37-9-20-49-97(82)122)91(68-115)109(124-100-52-23-12-40-85(100)86-41-13-24-53-101(86)124)110(108(90)123-98-50-21-10-38-83(98)84-39-11-22-51-99(84)123)125-102-54-25-14-42-87(102)106-76(43-27-55-105(106)125)71-30-26-31-72(64-71)113-117-111(69-28-2-1-3-29-69)116-112(118-113)70-56-58-73(59-57-70)119-103-62-60-74(120-92-44-15-4-32-77(92)78-33-5-16-45-93(78)120)65-88(103)89-66-75(61-63-104(89)119)121-94-46-17-6-34-79(94)80-35-7-18-47-95(80)121/h1-66H. The molecule has 8 heterocycles. The van der Waals surface area contributed by atoms with Crippen LogP contribution < -0.4 is 0 Å². The molecule has 0 saturated heterocycles. The number of hydrogen-bond donors (Lipinski definition) is 0. The van der Waals surface area contributed by atoms with Crippen molar-refractivity contribution >= 4 is 153 Å². The van der Waals surface area contributed by atoms with Crippen LogP contribution in [0.5, 0.6) is 0 Å². The molecule has 0 N–H and O–H groups in total. The van der Waals surface area contributed by atoms with E-state index in [1.807, 2.05) is 30.3 Å². The molecule has 26 aromatic rings. The van der Waals surface area contributed by atoms with E-state index < -0.39 is 0 Å². The zero-order valence-corrected chi connectivity index (χ0v) is 67.0. The van der Waals surface area contributed by atoms with E-state index in [1.165, 1.54) is 21.5 Å². The quantitative estimate of drug-likeness (QED) is 0.128. The van der Waals surface area contributed by atoms with E-state index in [0.717, 1.165) is 176 Å². The molecule has 12 heteroatoms. The van der Waals surface area contributed by atoms with Crippen LogP contribution in [0.25, 0.3) is 238 Å². The molecule has 0 aliphatic carbocycles. The van der Waals surface area contributed by atoms with Gasteiger partial charge < -0.3 is 32.0 Å². The maximum atomic E-state index is 12.8. The Morgan fingerprint density at radius 2 is 0.440 bits per heavy atom. The normalized spacial score (nSPS) is 12.0. The van der Waals surface area contributed by atoms with Crippen molar-refractivity contribution in [3.63, 3.8) is 0 Å². The van der Waals surface area contributed by atoms with Gasteiger partial charge in [0.1, 0.15) is 23.3 Å². The summed E-state index contributed by atoms with van der Waals surface area (Å²) < 4.78 is 16.3. The van der Waals surface area contributed by atoms with Gasteiger partial charge >= 0.3 is 0 Å². The second-order valence-electron chi connectivity index (χ2n) is 32.3. The largest absolute Gasteiger partial charge is 0.309 e. The Hall–Kier alpha value is -17.5. The highest BCUT2D eigenvalue weighted by Gasteiger charge is 2.36. The predicted octanol–water partition coefficient (Wildman–Crippen LogP) is 28.0. The predicted molar refractivity (Wildman–Crippen MR) is 511 cm³/mol. The molecule has 0 spiro atoms. The lowest BCUT2D eigenvalue weighted by Crippen LogP contribution is -2.16. The maximum Gasteiger partial charge on any atom is 0.164 e. The van der Waals surface area contributed by atoms with Gasteiger partial charge in [0.15, 0.2) is 17.5 Å². The monoisotopic (exact) mass is 1590 g/mol. The van der Waals surface area contributed by atoms with E-state index in [2.05, 4.69) is 414 Å². The topological polar surface area (TPSA) is 121 Å². The minimum atomic E-state index is 0.330. The summed E-state index contributed by atoms with van der Waals surface area (Å²) in [6.45, 7) is 0. The Labute approximate surface area is 714 Å². The number of nitriles is 2. The average Bonchev–Trinajstić information content (AvgIpc) is 1.58. The van der Waals surface area contributed by atoms with Crippen LogP contribution in [0.3, 0.4) is 0 Å². The number of hydrogen-bond acceptors (Lipinski definition) is 5. The molecule has 26 rings (SSSR count). The van der Waals surface area contributed by atoms with Crippen LogP contribution in [0, 0.1) is 22.7 Å². The highest BCUT2D eigenvalue weighted by atomic mass is 15.1. The van der Waals surface area contributed by atoms with E-state index in [1.54, 1.807) is 0 Å². The van der Waals surface area contributed by atoms with Crippen molar-refractivity contribution < 1.29 is 0 Å². The number of para-hydroxylation sites is 11. The van der Waals surface area contributed by atoms with Crippen molar-refractivity contribution in [1.29, 1.82) is 10.5 Å². The molecule has 0 aliphatic heterocycles. The molecule has 0 unspecified atom stereocenters. The summed E-state index contributed by atoms with van der Waals surface area (Å²) in [5.41, 5.74) is 24.4. The molecule has 0 amide bonds. The van der Waals surface area contributed by atoms with Gasteiger partial charge in [-0.3, -0.25) is 0 Å². The third kappa shape index (κ3) is 10.1. The van der Waals surface area contributed by atoms with Gasteiger partial charge in [-0.15, -0.1) is 0 Å². The first-order valence-electron chi connectivity index (χ1n) is 42.1. The summed E-state index contributed by atoms with van der Waals surface area (Å²) >= 11 is 0. The molecule has 578 valence electrons. The number of rotatable bonds is 11. The lowest BCUT2D eigenvalue weighted by molar-refractivity contribution is 1.02. The Kier molecular flexibility index (Phi) is 15.0. The van der Waals surface area contributed by atoms with Gasteiger partial charge in [0.05, 0.1) is 100.0 Å². The molecule has 8 aromatic heterocycles. The third-order valence-corrected chi connectivity index (χ3v) is 25.8. The van der Waals surface area contributed by atoms with Crippen LogP contribution in [0.2, 0.25) is 0 Å². The van der Waals surface area contributed by atoms with E-state index in [9.17, 15) is 10.5 Å². The second-order valence-corrected chi connectivity index (χ2v) is 32.3. The minimum absolute atomic E-state index is 0.330. The first-order chi connectivity index (χ1) is 62.0. The van der Waals surface area contributed by atoms with Crippen molar-refractivity contribution in [1.82, 2.24) is 46.9 Å². The average molecular weight is 1590 g/mol. The smallest absolute Gasteiger partial charge is 0.164 e. The van der Waals surface area contributed by atoms with E-state index >= 15 is 0 Å². The van der Waals surface area contributed by atoms with E-state index in [0.29, 0.717) is 51.3 Å². The molecule has 12 nitrogen and oxygen atoms in total. The molecule has 0 saturated carbocycles. The first-order valence-corrected chi connectivity index (χ1v) is 42.1. The van der Waals surface area contributed by atoms with E-state index in [-0.39, 0.29) is 0 Å². The molecule has 0 bridgehead atoms. The van der Waals surface area contributed by atoms with Crippen LogP contribution in [-0.2, 0) is 0 Å². The summed E-state index contributed by atoms with van der Waals surface area (Å²) in [6.07, 6.45) is 0. The lowest BCUT2D eigenvalue weighted by Gasteiger charge is -2.27. The van der Waals surface area contributed by atoms with Crippen LogP contribution in [0.15, 0.2) is 400 Å². The van der Waals surface area contributed by atoms with Gasteiger partial charge in [-0.05, 0) is 151 Å². The number of fused-ring (bicyclic) bond motifs is 21. The molecule has 0 aliphatic rings. The number of aromatic nitrogens is 10. The first kappa shape index (κ1) is 69.5. The molecule has 18 aromatic carbocycles. The third-order valence-electron chi connectivity index (χ3n) is 25.8. The number of benzene rings is 18. The zero-order chi connectivity index (χ0) is 82.2. The Morgan fingerprint density at radius 1 is 0.176 bits per heavy atom. The summed E-state index contributed by atoms with van der Waals surface area (Å²) in [5, 5.41) is 40.8. The summed E-state index contributed by atoms with van der Waals surface area (Å²) in [6, 6.07) is 148. The molecule has 125 heavy (non-hydrogen) atoms. The van der Waals surface area contributed by atoms with Crippen molar-refractivity contribution in [2.24, 2.45) is 0 Å². The van der Waals surface area contributed by atoms with Gasteiger partial charge in [-0.1, -0.05) is 261 Å². The van der Waals surface area contributed by atoms with Gasteiger partial charge in [-0.25, -0.2) is 15.0 Å². The fourth-order valence-corrected chi connectivity index (χ4v) is 20.7. The summed E-state index contributed by atoms with van der Waals surface area (Å²) in [5.74, 6) is 1.58. The molecular weight excluding hydrogens is 1530 g/mol. The van der Waals surface area contributed by atoms with Gasteiger partial charge in [-0.2, -0.15) is 10.5 Å². The SMILES string of the molecule is N#Cc1c(-n2c3ccccc3c3ccccc32)c(C#N)c(-n2c3ccccc3c3ccccc32)c(-n2c3ccccc3c3c(-c4cccc(-c5nc(-c6ccccc6)nc(-c6ccc(-n7c8ccc(-n9c%10ccccc%10c%10ccccc%109)cc8c8cc(-n9c%10ccccc%10c%10ccccc%109)ccc87)cc6)n5)c4)cccc32)c1-n1c2ccccc2c2ccccc21. The van der Waals surface area contributed by atoms with Crippen molar-refractivity contribution in [2.75, 3.05) is 0 Å². The maximum absolute atomic E-state index is 12.8. The zero-order valence-electron chi connectivity index (χ0n) is 67.0. The Morgan fingerprint density at radius 3 is 0.824 bits per heavy atom. The summed E-state index contributed by atoms with van der Waals surface area (Å²) in [7, 11) is 0. The van der Waals surface area contributed by atoms with Crippen LogP contribution in [0.1, 0.15) is 11.1 Å². The molecule has 0 fully saturated rings. The highest BCUT2D eigenvalue weighted by molar-refractivity contribution is 6.20. The fourth-order valence-electron chi connectivity index (χ4n) is 20.7. The summed E-state index contributed by atoms with van der Waals surface area (Å²) in [4.78, 5) is 16.2. The molecule has 0 atom stereocenters. The van der Waals surface area contributed by atoms with Gasteiger partial charge in [0, 0.05) is 109 Å². The van der Waals surface area contributed by atoms with Crippen molar-refractivity contribution in [3.05, 3.63) is 412 Å². The second kappa shape index (κ2) is 27.0. The highest BCUT2D eigenvalue weighted by Crippen LogP contribution is 2.51. The molecular formula is C113H66N12. The van der Waals surface area contributed by atoms with Crippen molar-refractivity contribution in [3.8, 4) is 97.2 Å². The van der Waals surface area contributed by atoms with E-state index in [4.69, 9.17) is 15.0 Å². The van der Waals surface area contributed by atoms with Gasteiger partial charge in [0.2, 0.25) is 0 Å². The Bertz CT molecular complexity index is 8630. The van der Waals surface area contributed by atoms with Crippen molar-refractivity contribution in [2.45, 2.75) is 0 Å². The fraction of sp³-hybridized carbons (Fsp3) is 0. The molecule has 0 radical (unpaired) electrons. The van der Waals surface area contributed by atoms with Crippen LogP contribution >= 0.6 is 0 Å².